The zero-order valence-corrected chi connectivity index (χ0v) is 11.5. The molecule has 3 amide bonds. The number of carboxylic acids is 1. The van der Waals surface area contributed by atoms with Crippen molar-refractivity contribution in [3.8, 4) is 0 Å². The van der Waals surface area contributed by atoms with Gasteiger partial charge in [0.25, 0.3) is 0 Å². The number of primary amides is 1. The van der Waals surface area contributed by atoms with Crippen molar-refractivity contribution in [1.82, 2.24) is 10.2 Å². The van der Waals surface area contributed by atoms with E-state index in [0.29, 0.717) is 13.2 Å². The number of ether oxygens (including phenoxy) is 1. The maximum absolute atomic E-state index is 11.9. The van der Waals surface area contributed by atoms with E-state index in [1.54, 1.807) is 0 Å². The van der Waals surface area contributed by atoms with Gasteiger partial charge in [-0.1, -0.05) is 6.08 Å². The van der Waals surface area contributed by atoms with Crippen LogP contribution >= 0.6 is 0 Å². The van der Waals surface area contributed by atoms with E-state index in [4.69, 9.17) is 15.6 Å². The van der Waals surface area contributed by atoms with Gasteiger partial charge >= 0.3 is 12.0 Å². The fourth-order valence-electron chi connectivity index (χ4n) is 1.42. The van der Waals surface area contributed by atoms with Gasteiger partial charge in [0, 0.05) is 26.6 Å². The first kappa shape index (κ1) is 17.9. The van der Waals surface area contributed by atoms with Crippen LogP contribution in [-0.4, -0.2) is 60.8 Å². The van der Waals surface area contributed by atoms with E-state index in [0.717, 1.165) is 0 Å². The molecule has 0 radical (unpaired) electrons. The second-order valence-corrected chi connectivity index (χ2v) is 4.07. The Balaban J connectivity index is 4.56. The molecule has 1 atom stereocenters. The van der Waals surface area contributed by atoms with Crippen LogP contribution in [0, 0.1) is 0 Å². The Bertz CT molecular complexity index is 359. The molecule has 0 spiro atoms. The van der Waals surface area contributed by atoms with E-state index in [1.165, 1.54) is 18.1 Å². The third-order valence-corrected chi connectivity index (χ3v) is 2.48. The van der Waals surface area contributed by atoms with Gasteiger partial charge < -0.3 is 25.8 Å². The van der Waals surface area contributed by atoms with Gasteiger partial charge in [-0.2, -0.15) is 0 Å². The average molecular weight is 287 g/mol. The van der Waals surface area contributed by atoms with Crippen LogP contribution in [-0.2, 0) is 14.3 Å². The number of carbonyl (C=O) groups is 3. The third-order valence-electron chi connectivity index (χ3n) is 2.48. The minimum atomic E-state index is -1.22. The molecule has 20 heavy (non-hydrogen) atoms. The van der Waals surface area contributed by atoms with E-state index in [1.807, 2.05) is 0 Å². The number of amides is 3. The Labute approximate surface area is 117 Å². The summed E-state index contributed by atoms with van der Waals surface area (Å²) in [5.41, 5.74) is 4.96. The highest BCUT2D eigenvalue weighted by Crippen LogP contribution is 2.00. The van der Waals surface area contributed by atoms with Crippen LogP contribution in [0.5, 0.6) is 0 Å². The number of aliphatic carboxylic acids is 1. The standard InChI is InChI=1S/C12H21N3O5/c1-3-6-15(7-8-20-2)12(19)14-9(11(17)18)4-5-10(13)16/h3,9H,1,4-8H2,2H3,(H2,13,16)(H,14,19)(H,17,18)/t9-/m0/s1. The molecule has 0 aliphatic heterocycles. The normalized spacial score (nSPS) is 11.4. The molecule has 8 nitrogen and oxygen atoms in total. The van der Waals surface area contributed by atoms with Gasteiger partial charge in [-0.3, -0.25) is 4.79 Å². The molecule has 114 valence electrons. The monoisotopic (exact) mass is 287 g/mol. The van der Waals surface area contributed by atoms with Crippen LogP contribution in [0.2, 0.25) is 0 Å². The SMILES string of the molecule is C=CCN(CCOC)C(=O)N[C@@H](CCC(N)=O)C(=O)O. The quantitative estimate of drug-likeness (QED) is 0.470. The topological polar surface area (TPSA) is 122 Å². The number of rotatable bonds is 10. The molecule has 0 aromatic rings. The van der Waals surface area contributed by atoms with Crippen LogP contribution in [0.25, 0.3) is 0 Å². The van der Waals surface area contributed by atoms with Gasteiger partial charge in [0.2, 0.25) is 5.91 Å². The summed E-state index contributed by atoms with van der Waals surface area (Å²) in [7, 11) is 1.50. The molecule has 0 aromatic heterocycles. The number of urea groups is 1. The molecule has 4 N–H and O–H groups in total. The smallest absolute Gasteiger partial charge is 0.326 e. The van der Waals surface area contributed by atoms with Crippen molar-refractivity contribution in [3.63, 3.8) is 0 Å². The van der Waals surface area contributed by atoms with Gasteiger partial charge in [-0.25, -0.2) is 9.59 Å². The molecule has 0 heterocycles. The summed E-state index contributed by atoms with van der Waals surface area (Å²) in [5, 5.41) is 11.3. The first-order valence-corrected chi connectivity index (χ1v) is 6.08. The molecule has 0 saturated heterocycles. The lowest BCUT2D eigenvalue weighted by Crippen LogP contribution is -2.49. The van der Waals surface area contributed by atoms with Crippen molar-refractivity contribution in [2.75, 3.05) is 26.8 Å². The highest BCUT2D eigenvalue weighted by Gasteiger charge is 2.23. The number of nitrogens with one attached hydrogen (secondary N) is 1. The molecule has 0 saturated carbocycles. The number of carboxylic acid groups (broad SMARTS) is 1. The largest absolute Gasteiger partial charge is 0.480 e. The Morgan fingerprint density at radius 3 is 2.60 bits per heavy atom. The van der Waals surface area contributed by atoms with Crippen molar-refractivity contribution >= 4 is 17.9 Å². The highest BCUT2D eigenvalue weighted by atomic mass is 16.5. The van der Waals surface area contributed by atoms with Crippen LogP contribution in [0.3, 0.4) is 0 Å². The van der Waals surface area contributed by atoms with Gasteiger partial charge in [0.15, 0.2) is 0 Å². The molecule has 0 bridgehead atoms. The molecule has 0 aromatic carbocycles. The minimum Gasteiger partial charge on any atom is -0.480 e. The lowest BCUT2D eigenvalue weighted by Gasteiger charge is -2.23. The van der Waals surface area contributed by atoms with Gasteiger partial charge in [0.05, 0.1) is 6.61 Å². The second kappa shape index (κ2) is 9.79. The predicted octanol–water partition coefficient (Wildman–Crippen LogP) is -0.451. The van der Waals surface area contributed by atoms with Crippen LogP contribution in [0.4, 0.5) is 4.79 Å². The van der Waals surface area contributed by atoms with Gasteiger partial charge in [0.1, 0.15) is 6.04 Å². The summed E-state index contributed by atoms with van der Waals surface area (Å²) in [5.74, 6) is -1.84. The summed E-state index contributed by atoms with van der Waals surface area (Å²) in [6, 6.07) is -1.72. The van der Waals surface area contributed by atoms with Crippen molar-refractivity contribution in [2.24, 2.45) is 5.73 Å². The van der Waals surface area contributed by atoms with E-state index in [-0.39, 0.29) is 19.4 Å². The molecule has 0 aliphatic carbocycles. The fourth-order valence-corrected chi connectivity index (χ4v) is 1.42. The maximum Gasteiger partial charge on any atom is 0.326 e. The van der Waals surface area contributed by atoms with Gasteiger partial charge in [-0.05, 0) is 6.42 Å². The number of hydrogen-bond donors (Lipinski definition) is 3. The summed E-state index contributed by atoms with van der Waals surface area (Å²) in [6.07, 6.45) is 1.35. The van der Waals surface area contributed by atoms with Crippen LogP contribution < -0.4 is 11.1 Å². The van der Waals surface area contributed by atoms with E-state index in [2.05, 4.69) is 11.9 Å². The average Bonchev–Trinajstić information content (AvgIpc) is 2.38. The molecule has 0 aliphatic rings. The van der Waals surface area contributed by atoms with Crippen LogP contribution in [0.1, 0.15) is 12.8 Å². The number of methoxy groups -OCH3 is 1. The predicted molar refractivity (Wildman–Crippen MR) is 72.0 cm³/mol. The summed E-state index contributed by atoms with van der Waals surface area (Å²) in [4.78, 5) is 35.0. The molecular formula is C12H21N3O5. The fraction of sp³-hybridized carbons (Fsp3) is 0.583. The Hall–Kier alpha value is -2.09. The second-order valence-electron chi connectivity index (χ2n) is 4.07. The highest BCUT2D eigenvalue weighted by molar-refractivity contribution is 5.83. The van der Waals surface area contributed by atoms with E-state index < -0.39 is 23.9 Å². The lowest BCUT2D eigenvalue weighted by molar-refractivity contribution is -0.139. The Kier molecular flexibility index (Phi) is 8.77. The third kappa shape index (κ3) is 7.37. The van der Waals surface area contributed by atoms with E-state index >= 15 is 0 Å². The number of nitrogens with zero attached hydrogens (tertiary/aromatic N) is 1. The Morgan fingerprint density at radius 1 is 1.50 bits per heavy atom. The number of carbonyl (C=O) groups excluding carboxylic acids is 2. The maximum atomic E-state index is 11.9. The van der Waals surface area contributed by atoms with Crippen LogP contribution in [0.15, 0.2) is 12.7 Å². The van der Waals surface area contributed by atoms with Crippen molar-refractivity contribution in [3.05, 3.63) is 12.7 Å². The zero-order valence-electron chi connectivity index (χ0n) is 11.5. The Morgan fingerprint density at radius 2 is 2.15 bits per heavy atom. The molecule has 0 rings (SSSR count). The molecular weight excluding hydrogens is 266 g/mol. The lowest BCUT2D eigenvalue weighted by atomic mass is 10.1. The van der Waals surface area contributed by atoms with E-state index in [9.17, 15) is 14.4 Å². The first-order chi connectivity index (χ1) is 9.42. The summed E-state index contributed by atoms with van der Waals surface area (Å²) < 4.78 is 4.87. The summed E-state index contributed by atoms with van der Waals surface area (Å²) >= 11 is 0. The van der Waals surface area contributed by atoms with Gasteiger partial charge in [-0.15, -0.1) is 6.58 Å². The first-order valence-electron chi connectivity index (χ1n) is 6.08. The molecule has 8 heteroatoms. The van der Waals surface area contributed by atoms with Crippen molar-refractivity contribution in [2.45, 2.75) is 18.9 Å². The number of nitrogens with two attached hydrogens (primary N) is 1. The summed E-state index contributed by atoms with van der Waals surface area (Å²) in [6.45, 7) is 4.41. The zero-order chi connectivity index (χ0) is 15.5. The molecule has 0 fully saturated rings. The van der Waals surface area contributed by atoms with Crippen molar-refractivity contribution < 1.29 is 24.2 Å². The number of hydrogen-bond acceptors (Lipinski definition) is 4. The molecule has 0 unspecified atom stereocenters. The minimum absolute atomic E-state index is 0.0530. The van der Waals surface area contributed by atoms with Crippen molar-refractivity contribution in [1.29, 1.82) is 0 Å².